The summed E-state index contributed by atoms with van der Waals surface area (Å²) in [4.78, 5) is 15.9. The van der Waals surface area contributed by atoms with Crippen LogP contribution in [0.25, 0.3) is 89.2 Å². The van der Waals surface area contributed by atoms with Crippen LogP contribution in [0, 0.1) is 11.3 Å². The number of nitriles is 1. The van der Waals surface area contributed by atoms with Crippen LogP contribution in [0.15, 0.2) is 146 Å². The number of para-hydroxylation sites is 3. The van der Waals surface area contributed by atoms with Crippen molar-refractivity contribution in [3.8, 4) is 51.6 Å². The predicted molar refractivity (Wildman–Crippen MR) is 284 cm³/mol. The second-order valence-corrected chi connectivity index (χ2v) is 22.6. The maximum Gasteiger partial charge on any atom is 0.164 e. The lowest BCUT2D eigenvalue weighted by Crippen LogP contribution is -2.17. The van der Waals surface area contributed by atoms with Gasteiger partial charge in [-0.1, -0.05) is 150 Å². The molecular weight excluding hydrogens is 829 g/mol. The maximum absolute atomic E-state index is 11.1. The van der Waals surface area contributed by atoms with Gasteiger partial charge >= 0.3 is 0 Å². The number of fused-ring (bicyclic) bond motifs is 7. The third kappa shape index (κ3) is 7.74. The van der Waals surface area contributed by atoms with E-state index in [4.69, 9.17) is 15.0 Å². The van der Waals surface area contributed by atoms with E-state index in [-0.39, 0.29) is 21.7 Å². The summed E-state index contributed by atoms with van der Waals surface area (Å²) in [5.41, 5.74) is 13.9. The molecule has 0 fully saturated rings. The van der Waals surface area contributed by atoms with E-state index in [1.807, 2.05) is 6.07 Å². The molecule has 0 radical (unpaired) electrons. The first-order valence-electron chi connectivity index (χ1n) is 23.8. The summed E-state index contributed by atoms with van der Waals surface area (Å²) >= 11 is 0. The number of hydrogen-bond acceptors (Lipinski definition) is 4. The highest BCUT2D eigenvalue weighted by Gasteiger charge is 2.27. The largest absolute Gasteiger partial charge is 0.309 e. The Morgan fingerprint density at radius 2 is 0.779 bits per heavy atom. The minimum Gasteiger partial charge on any atom is -0.309 e. The first kappa shape index (κ1) is 44.5. The smallest absolute Gasteiger partial charge is 0.164 e. The lowest BCUT2D eigenvalue weighted by atomic mass is 9.79. The molecule has 3 aromatic heterocycles. The van der Waals surface area contributed by atoms with Gasteiger partial charge in [0.15, 0.2) is 17.5 Å². The molecule has 0 aliphatic rings. The Morgan fingerprint density at radius 3 is 1.22 bits per heavy atom. The number of nitrogens with zero attached hydrogens (tertiary/aromatic N) is 6. The highest BCUT2D eigenvalue weighted by Crippen LogP contribution is 2.43. The highest BCUT2D eigenvalue weighted by atomic mass is 15.0. The first-order chi connectivity index (χ1) is 32.2. The molecule has 6 nitrogen and oxygen atoms in total. The second kappa shape index (κ2) is 15.9. The summed E-state index contributed by atoms with van der Waals surface area (Å²) in [6.07, 6.45) is 0. The fourth-order valence-corrected chi connectivity index (χ4v) is 9.60. The van der Waals surface area contributed by atoms with Crippen LogP contribution in [0.2, 0.25) is 0 Å². The molecule has 7 aromatic carbocycles. The van der Waals surface area contributed by atoms with E-state index < -0.39 is 0 Å². The third-order valence-electron chi connectivity index (χ3n) is 13.6. The van der Waals surface area contributed by atoms with Crippen LogP contribution in [-0.2, 0) is 21.7 Å². The third-order valence-corrected chi connectivity index (χ3v) is 13.6. The lowest BCUT2D eigenvalue weighted by Gasteiger charge is -2.26. The Morgan fingerprint density at radius 1 is 0.382 bits per heavy atom. The van der Waals surface area contributed by atoms with Gasteiger partial charge in [0.05, 0.1) is 33.3 Å². The molecule has 10 aromatic rings. The molecule has 68 heavy (non-hydrogen) atoms. The standard InChI is InChI=1S/C62H60N6/c1-59(2,3)42-31-39(32-43(35-42)60(4,5)6)57-64-56(65-58(66-57)40-33-44(61(7,8)9)36-45(34-40)62(10,11)12)38-26-27-49(41(30-38)37-63)68-51-25-19-17-23-48(51)55-53(68)29-28-52-54(55)47-22-16-18-24-50(47)67(52)46-20-14-13-15-21-46/h13-36H,1-12H3. The van der Waals surface area contributed by atoms with Crippen LogP contribution in [0.5, 0.6) is 0 Å². The monoisotopic (exact) mass is 888 g/mol. The second-order valence-electron chi connectivity index (χ2n) is 22.6. The summed E-state index contributed by atoms with van der Waals surface area (Å²) < 4.78 is 4.61. The van der Waals surface area contributed by atoms with Gasteiger partial charge in [0, 0.05) is 43.9 Å². The first-order valence-corrected chi connectivity index (χ1v) is 23.8. The van der Waals surface area contributed by atoms with Crippen molar-refractivity contribution < 1.29 is 0 Å². The topological polar surface area (TPSA) is 72.3 Å². The zero-order chi connectivity index (χ0) is 48.1. The summed E-state index contributed by atoms with van der Waals surface area (Å²) in [6, 6.07) is 54.5. The van der Waals surface area contributed by atoms with Gasteiger partial charge in [0.2, 0.25) is 0 Å². The van der Waals surface area contributed by atoms with Crippen molar-refractivity contribution >= 4 is 43.6 Å². The zero-order valence-corrected chi connectivity index (χ0v) is 41.5. The molecule has 0 aliphatic carbocycles. The SMILES string of the molecule is CC(C)(C)c1cc(-c2nc(-c3cc(C(C)(C)C)cc(C(C)(C)C)c3)nc(-c3ccc(-n4c5ccccc5c5c6c7ccccc7n(-c7ccccc7)c6ccc54)c(C#N)c3)n2)cc(C(C)(C)C)c1. The van der Waals surface area contributed by atoms with Gasteiger partial charge in [-0.15, -0.1) is 0 Å². The van der Waals surface area contributed by atoms with Crippen LogP contribution in [0.4, 0.5) is 0 Å². The van der Waals surface area contributed by atoms with Gasteiger partial charge < -0.3 is 9.13 Å². The molecule has 0 saturated carbocycles. The Balaban J connectivity index is 1.21. The van der Waals surface area contributed by atoms with Gasteiger partial charge in [0.25, 0.3) is 0 Å². The molecule has 0 N–H and O–H groups in total. The molecule has 0 amide bonds. The predicted octanol–water partition coefficient (Wildman–Crippen LogP) is 16.1. The fourth-order valence-electron chi connectivity index (χ4n) is 9.60. The maximum atomic E-state index is 11.1. The molecule has 0 spiro atoms. The van der Waals surface area contributed by atoms with Gasteiger partial charge in [-0.3, -0.25) is 0 Å². The van der Waals surface area contributed by atoms with Crippen LogP contribution in [-0.4, -0.2) is 24.1 Å². The number of aromatic nitrogens is 5. The highest BCUT2D eigenvalue weighted by molar-refractivity contribution is 6.29. The van der Waals surface area contributed by atoms with Crippen LogP contribution in [0.1, 0.15) is 111 Å². The molecule has 10 rings (SSSR count). The number of hydrogen-bond donors (Lipinski definition) is 0. The van der Waals surface area contributed by atoms with Crippen molar-refractivity contribution in [3.63, 3.8) is 0 Å². The van der Waals surface area contributed by atoms with E-state index in [9.17, 15) is 5.26 Å². The number of rotatable bonds is 5. The van der Waals surface area contributed by atoms with Gasteiger partial charge in [-0.05, 0) is 123 Å². The minimum absolute atomic E-state index is 0.105. The summed E-state index contributed by atoms with van der Waals surface area (Å²) in [6.45, 7) is 27.0. The van der Waals surface area contributed by atoms with Crippen LogP contribution in [0.3, 0.4) is 0 Å². The summed E-state index contributed by atoms with van der Waals surface area (Å²) in [5, 5.41) is 15.8. The number of benzene rings is 7. The fraction of sp³-hybridized carbons (Fsp3) is 0.258. The molecule has 0 saturated heterocycles. The van der Waals surface area contributed by atoms with Crippen molar-refractivity contribution in [1.82, 2.24) is 24.1 Å². The van der Waals surface area contributed by atoms with Crippen molar-refractivity contribution in [3.05, 3.63) is 173 Å². The lowest BCUT2D eigenvalue weighted by molar-refractivity contribution is 0.568. The van der Waals surface area contributed by atoms with Crippen LogP contribution >= 0.6 is 0 Å². The van der Waals surface area contributed by atoms with Gasteiger partial charge in [-0.25, -0.2) is 15.0 Å². The zero-order valence-electron chi connectivity index (χ0n) is 41.5. The Hall–Kier alpha value is -7.36. The normalized spacial score (nSPS) is 12.7. The Labute approximate surface area is 401 Å². The van der Waals surface area contributed by atoms with Crippen molar-refractivity contribution in [2.45, 2.75) is 105 Å². The Kier molecular flexibility index (Phi) is 10.4. The molecule has 0 atom stereocenters. The van der Waals surface area contributed by atoms with E-state index in [2.05, 4.69) is 238 Å². The summed E-state index contributed by atoms with van der Waals surface area (Å²) in [5.74, 6) is 1.72. The molecule has 3 heterocycles. The Bertz CT molecular complexity index is 3500. The van der Waals surface area contributed by atoms with Crippen LogP contribution < -0.4 is 0 Å². The molecule has 338 valence electrons. The van der Waals surface area contributed by atoms with Crippen molar-refractivity contribution in [2.75, 3.05) is 0 Å². The molecular formula is C62H60N6. The quantitative estimate of drug-likeness (QED) is 0.173. The average molecular weight is 889 g/mol. The van der Waals surface area contributed by atoms with E-state index >= 15 is 0 Å². The minimum atomic E-state index is -0.105. The molecule has 6 heteroatoms. The van der Waals surface area contributed by atoms with E-state index in [1.165, 1.54) is 33.0 Å². The van der Waals surface area contributed by atoms with Crippen molar-refractivity contribution in [1.29, 1.82) is 5.26 Å². The average Bonchev–Trinajstić information content (AvgIpc) is 3.83. The molecule has 0 unspecified atom stereocenters. The van der Waals surface area contributed by atoms with Gasteiger partial charge in [0.1, 0.15) is 6.07 Å². The van der Waals surface area contributed by atoms with E-state index in [0.717, 1.165) is 60.9 Å². The van der Waals surface area contributed by atoms with E-state index in [1.54, 1.807) is 0 Å². The van der Waals surface area contributed by atoms with Crippen molar-refractivity contribution in [2.24, 2.45) is 0 Å². The van der Waals surface area contributed by atoms with Gasteiger partial charge in [-0.2, -0.15) is 5.26 Å². The van der Waals surface area contributed by atoms with E-state index in [0.29, 0.717) is 23.0 Å². The summed E-state index contributed by atoms with van der Waals surface area (Å²) in [7, 11) is 0. The molecule has 0 aliphatic heterocycles. The molecule has 0 bridgehead atoms.